The summed E-state index contributed by atoms with van der Waals surface area (Å²) in [6, 6.07) is 0. The predicted octanol–water partition coefficient (Wildman–Crippen LogP) is 1.48. The zero-order chi connectivity index (χ0) is 12.1. The first-order valence-electron chi connectivity index (χ1n) is 5.87. The summed E-state index contributed by atoms with van der Waals surface area (Å²) in [4.78, 5) is 13.6. The van der Waals surface area contributed by atoms with Gasteiger partial charge in [-0.25, -0.2) is 4.79 Å². The average molecular weight is 227 g/mol. The molecule has 1 saturated heterocycles. The molecule has 1 amide bonds. The highest BCUT2D eigenvalue weighted by Crippen LogP contribution is 2.62. The number of carbonyl (C=O) groups excluding carboxylic acids is 1. The largest absolute Gasteiger partial charge is 0.444 e. The van der Waals surface area contributed by atoms with Gasteiger partial charge in [0, 0.05) is 19.7 Å². The van der Waals surface area contributed by atoms with Crippen LogP contribution in [0, 0.1) is 17.3 Å². The first-order valence-corrected chi connectivity index (χ1v) is 5.87. The van der Waals surface area contributed by atoms with Gasteiger partial charge in [-0.3, -0.25) is 0 Å². The highest BCUT2D eigenvalue weighted by atomic mass is 16.6. The molecule has 1 heterocycles. The molecule has 1 saturated carbocycles. The lowest BCUT2D eigenvalue weighted by Gasteiger charge is -2.26. The predicted molar refractivity (Wildman–Crippen MR) is 60.0 cm³/mol. The normalized spacial score (nSPS) is 37.2. The van der Waals surface area contributed by atoms with Crippen LogP contribution >= 0.6 is 0 Å². The molecule has 2 rings (SSSR count). The van der Waals surface area contributed by atoms with Crippen LogP contribution in [0.3, 0.4) is 0 Å². The Morgan fingerprint density at radius 2 is 2.19 bits per heavy atom. The van der Waals surface area contributed by atoms with E-state index in [-0.39, 0.29) is 18.1 Å². The van der Waals surface area contributed by atoms with Gasteiger partial charge >= 0.3 is 6.09 Å². The fourth-order valence-corrected chi connectivity index (χ4v) is 2.85. The number of ether oxygens (including phenoxy) is 1. The first kappa shape index (κ1) is 11.7. The number of carbonyl (C=O) groups is 1. The van der Waals surface area contributed by atoms with E-state index in [2.05, 4.69) is 6.92 Å². The van der Waals surface area contributed by atoms with E-state index in [9.17, 15) is 4.79 Å². The number of aliphatic hydroxyl groups excluding tert-OH is 1. The molecule has 0 unspecified atom stereocenters. The van der Waals surface area contributed by atoms with Gasteiger partial charge in [0.15, 0.2) is 0 Å². The molecule has 4 nitrogen and oxygen atoms in total. The van der Waals surface area contributed by atoms with Gasteiger partial charge in [-0.15, -0.1) is 0 Å². The van der Waals surface area contributed by atoms with Gasteiger partial charge in [0.1, 0.15) is 5.60 Å². The summed E-state index contributed by atoms with van der Waals surface area (Å²) in [6.07, 6.45) is -0.224. The summed E-state index contributed by atoms with van der Waals surface area (Å²) in [7, 11) is 0. The van der Waals surface area contributed by atoms with Crippen molar-refractivity contribution < 1.29 is 14.6 Å². The number of amides is 1. The lowest BCUT2D eigenvalue weighted by atomic mass is 10.1. The van der Waals surface area contributed by atoms with Crippen molar-refractivity contribution in [2.75, 3.05) is 19.7 Å². The van der Waals surface area contributed by atoms with Gasteiger partial charge in [-0.2, -0.15) is 0 Å². The summed E-state index contributed by atoms with van der Waals surface area (Å²) < 4.78 is 5.33. The van der Waals surface area contributed by atoms with E-state index in [0.717, 1.165) is 13.1 Å². The van der Waals surface area contributed by atoms with E-state index in [1.165, 1.54) is 0 Å². The monoisotopic (exact) mass is 227 g/mol. The van der Waals surface area contributed by atoms with Gasteiger partial charge in [-0.05, 0) is 38.0 Å². The molecule has 16 heavy (non-hydrogen) atoms. The van der Waals surface area contributed by atoms with Gasteiger partial charge in [0.25, 0.3) is 0 Å². The van der Waals surface area contributed by atoms with Crippen molar-refractivity contribution in [1.82, 2.24) is 4.90 Å². The summed E-state index contributed by atoms with van der Waals surface area (Å²) >= 11 is 0. The van der Waals surface area contributed by atoms with E-state index in [1.54, 1.807) is 4.90 Å². The van der Waals surface area contributed by atoms with Crippen molar-refractivity contribution in [3.63, 3.8) is 0 Å². The van der Waals surface area contributed by atoms with Gasteiger partial charge in [0.2, 0.25) is 0 Å². The molecule has 0 bridgehead atoms. The third-order valence-electron chi connectivity index (χ3n) is 3.87. The standard InChI is InChI=1S/C12H21NO3/c1-11(2,3)16-10(15)13-5-8-9(6-14)12(8,4)7-13/h8-9,14H,5-7H2,1-4H3/t8-,9-,12-/m1/s1. The molecular formula is C12H21NO3. The Morgan fingerprint density at radius 1 is 1.56 bits per heavy atom. The van der Waals surface area contributed by atoms with Crippen LogP contribution in [0.4, 0.5) is 4.79 Å². The molecule has 1 aliphatic heterocycles. The molecule has 0 aromatic carbocycles. The fourth-order valence-electron chi connectivity index (χ4n) is 2.85. The smallest absolute Gasteiger partial charge is 0.410 e. The molecule has 0 radical (unpaired) electrons. The molecular weight excluding hydrogens is 206 g/mol. The van der Waals surface area contributed by atoms with Crippen molar-refractivity contribution in [3.05, 3.63) is 0 Å². The Morgan fingerprint density at radius 3 is 2.56 bits per heavy atom. The Hall–Kier alpha value is -0.770. The summed E-state index contributed by atoms with van der Waals surface area (Å²) in [5.74, 6) is 0.844. The second-order valence-corrected chi connectivity index (χ2v) is 6.26. The molecule has 1 aliphatic carbocycles. The molecule has 4 heteroatoms. The van der Waals surface area contributed by atoms with Crippen molar-refractivity contribution >= 4 is 6.09 Å². The maximum Gasteiger partial charge on any atom is 0.410 e. The van der Waals surface area contributed by atoms with Gasteiger partial charge in [0.05, 0.1) is 0 Å². The summed E-state index contributed by atoms with van der Waals surface area (Å²) in [6.45, 7) is 9.46. The Balaban J connectivity index is 1.90. The zero-order valence-corrected chi connectivity index (χ0v) is 10.5. The number of nitrogens with zero attached hydrogens (tertiary/aromatic N) is 1. The fraction of sp³-hybridized carbons (Fsp3) is 0.917. The van der Waals surface area contributed by atoms with Crippen LogP contribution in [0.5, 0.6) is 0 Å². The van der Waals surface area contributed by atoms with Gasteiger partial charge in [-0.1, -0.05) is 6.92 Å². The number of aliphatic hydroxyl groups is 1. The Labute approximate surface area is 96.6 Å². The number of rotatable bonds is 1. The molecule has 2 aliphatic rings. The van der Waals surface area contributed by atoms with Crippen LogP contribution in [0.1, 0.15) is 27.7 Å². The summed E-state index contributed by atoms with van der Waals surface area (Å²) in [5.41, 5.74) is -0.299. The highest BCUT2D eigenvalue weighted by molar-refractivity contribution is 5.69. The Bertz CT molecular complexity index is 310. The topological polar surface area (TPSA) is 49.8 Å². The lowest BCUT2D eigenvalue weighted by Crippen LogP contribution is -2.38. The van der Waals surface area contributed by atoms with Crippen LogP contribution in [0.2, 0.25) is 0 Å². The summed E-state index contributed by atoms with van der Waals surface area (Å²) in [5, 5.41) is 9.15. The number of piperidine rings is 1. The first-order chi connectivity index (χ1) is 7.28. The van der Waals surface area contributed by atoms with Crippen molar-refractivity contribution in [3.8, 4) is 0 Å². The van der Waals surface area contributed by atoms with E-state index < -0.39 is 5.60 Å². The third kappa shape index (κ3) is 1.79. The molecule has 92 valence electrons. The maximum absolute atomic E-state index is 11.8. The lowest BCUT2D eigenvalue weighted by molar-refractivity contribution is 0.0244. The minimum atomic E-state index is -0.429. The van der Waals surface area contributed by atoms with E-state index in [0.29, 0.717) is 11.8 Å². The highest BCUT2D eigenvalue weighted by Gasteiger charge is 2.66. The molecule has 2 fully saturated rings. The minimum absolute atomic E-state index is 0.131. The van der Waals surface area contributed by atoms with Crippen LogP contribution < -0.4 is 0 Å². The number of hydrogen-bond donors (Lipinski definition) is 1. The quantitative estimate of drug-likeness (QED) is 0.738. The maximum atomic E-state index is 11.8. The molecule has 0 aromatic rings. The van der Waals surface area contributed by atoms with Crippen molar-refractivity contribution in [2.24, 2.45) is 17.3 Å². The van der Waals surface area contributed by atoms with E-state index in [4.69, 9.17) is 9.84 Å². The van der Waals surface area contributed by atoms with Crippen molar-refractivity contribution in [2.45, 2.75) is 33.3 Å². The molecule has 1 N–H and O–H groups in total. The van der Waals surface area contributed by atoms with Crippen LogP contribution in [-0.4, -0.2) is 41.4 Å². The van der Waals surface area contributed by atoms with Crippen LogP contribution in [-0.2, 0) is 4.74 Å². The SMILES string of the molecule is CC(C)(C)OC(=O)N1C[C@@H]2[C@@H](CO)[C@]2(C)C1. The van der Waals surface area contributed by atoms with Crippen molar-refractivity contribution in [1.29, 1.82) is 0 Å². The molecule has 3 atom stereocenters. The second-order valence-electron chi connectivity index (χ2n) is 6.26. The van der Waals surface area contributed by atoms with Crippen LogP contribution in [0.25, 0.3) is 0 Å². The minimum Gasteiger partial charge on any atom is -0.444 e. The second kappa shape index (κ2) is 3.36. The average Bonchev–Trinajstić information content (AvgIpc) is 2.47. The number of likely N-dealkylation sites (tertiary alicyclic amines) is 1. The third-order valence-corrected chi connectivity index (χ3v) is 3.87. The van der Waals surface area contributed by atoms with E-state index in [1.807, 2.05) is 20.8 Å². The van der Waals surface area contributed by atoms with Gasteiger partial charge < -0.3 is 14.7 Å². The number of hydrogen-bond acceptors (Lipinski definition) is 3. The number of fused-ring (bicyclic) bond motifs is 1. The van der Waals surface area contributed by atoms with Crippen LogP contribution in [0.15, 0.2) is 0 Å². The molecule has 0 spiro atoms. The Kier molecular flexibility index (Phi) is 2.46. The molecule has 0 aromatic heterocycles. The van der Waals surface area contributed by atoms with E-state index >= 15 is 0 Å². The zero-order valence-electron chi connectivity index (χ0n) is 10.5.